The summed E-state index contributed by atoms with van der Waals surface area (Å²) in [5.74, 6) is -0.0173. The van der Waals surface area contributed by atoms with Gasteiger partial charge in [-0.3, -0.25) is 29.3 Å². The zero-order valence-corrected chi connectivity index (χ0v) is 20.8. The van der Waals surface area contributed by atoms with Gasteiger partial charge in [0.1, 0.15) is 11.8 Å². The molecule has 2 aromatic carbocycles. The number of rotatable bonds is 3. The molecule has 7 rings (SSSR count). The summed E-state index contributed by atoms with van der Waals surface area (Å²) in [7, 11) is 1.99. The average molecular weight is 500 g/mol. The fraction of sp³-hybridized carbons (Fsp3) is 0.429. The van der Waals surface area contributed by atoms with Gasteiger partial charge >= 0.3 is 0 Å². The summed E-state index contributed by atoms with van der Waals surface area (Å²) in [5, 5.41) is 7.97. The molecule has 0 saturated carbocycles. The largest absolute Gasteiger partial charge is 0.492 e. The summed E-state index contributed by atoms with van der Waals surface area (Å²) < 4.78 is 8.13. The molecule has 9 nitrogen and oxygen atoms in total. The van der Waals surface area contributed by atoms with Crippen molar-refractivity contribution in [1.82, 2.24) is 24.9 Å². The Morgan fingerprint density at radius 1 is 1.16 bits per heavy atom. The van der Waals surface area contributed by atoms with Gasteiger partial charge in [-0.1, -0.05) is 18.2 Å². The van der Waals surface area contributed by atoms with Crippen molar-refractivity contribution in [2.45, 2.75) is 50.2 Å². The van der Waals surface area contributed by atoms with E-state index in [4.69, 9.17) is 4.74 Å². The molecule has 4 aliphatic heterocycles. The van der Waals surface area contributed by atoms with E-state index >= 15 is 0 Å². The first kappa shape index (κ1) is 22.5. The van der Waals surface area contributed by atoms with E-state index in [9.17, 15) is 14.4 Å². The van der Waals surface area contributed by atoms with Crippen molar-refractivity contribution in [1.29, 1.82) is 0 Å². The second-order valence-corrected chi connectivity index (χ2v) is 10.9. The van der Waals surface area contributed by atoms with Crippen molar-refractivity contribution < 1.29 is 19.1 Å². The number of benzene rings is 2. The number of ether oxygens (including phenoxy) is 1. The van der Waals surface area contributed by atoms with Crippen LogP contribution in [-0.4, -0.2) is 63.0 Å². The monoisotopic (exact) mass is 499 g/mol. The molecule has 1 spiro atoms. The van der Waals surface area contributed by atoms with Gasteiger partial charge in [0.15, 0.2) is 0 Å². The van der Waals surface area contributed by atoms with Crippen LogP contribution < -0.4 is 10.1 Å². The third-order valence-corrected chi connectivity index (χ3v) is 8.75. The maximum absolute atomic E-state index is 13.2. The number of carbonyl (C=O) groups excluding carboxylic acids is 3. The first-order valence-electron chi connectivity index (χ1n) is 13.0. The smallest absolute Gasteiger partial charge is 0.255 e. The highest BCUT2D eigenvalue weighted by Gasteiger charge is 2.46. The minimum absolute atomic E-state index is 0.0511. The van der Waals surface area contributed by atoms with Gasteiger partial charge in [0.05, 0.1) is 18.3 Å². The van der Waals surface area contributed by atoms with Crippen LogP contribution >= 0.6 is 0 Å². The number of aromatic nitrogens is 2. The molecule has 0 radical (unpaired) electrons. The van der Waals surface area contributed by atoms with E-state index in [1.165, 1.54) is 22.0 Å². The summed E-state index contributed by atoms with van der Waals surface area (Å²) in [6.45, 7) is 3.86. The Balaban J connectivity index is 1.09. The van der Waals surface area contributed by atoms with Gasteiger partial charge in [-0.05, 0) is 55.6 Å². The number of likely N-dealkylation sites (tertiary alicyclic amines) is 1. The number of para-hydroxylation sites is 1. The minimum atomic E-state index is -0.602. The molecule has 37 heavy (non-hydrogen) atoms. The highest BCUT2D eigenvalue weighted by molar-refractivity contribution is 6.05. The molecular formula is C28H29N5O4. The zero-order chi connectivity index (χ0) is 25.3. The van der Waals surface area contributed by atoms with Crippen molar-refractivity contribution in [2.24, 2.45) is 7.05 Å². The Labute approximate surface area is 214 Å². The van der Waals surface area contributed by atoms with Crippen LogP contribution in [0.3, 0.4) is 0 Å². The molecule has 3 amide bonds. The first-order chi connectivity index (χ1) is 17.9. The molecule has 0 aliphatic carbocycles. The Bertz CT molecular complexity index is 1470. The second kappa shape index (κ2) is 8.14. The zero-order valence-electron chi connectivity index (χ0n) is 20.8. The number of nitrogens with one attached hydrogen (secondary N) is 1. The second-order valence-electron chi connectivity index (χ2n) is 10.9. The fourth-order valence-corrected chi connectivity index (χ4v) is 6.66. The number of imide groups is 1. The fourth-order valence-electron chi connectivity index (χ4n) is 6.66. The first-order valence-corrected chi connectivity index (χ1v) is 13.0. The van der Waals surface area contributed by atoms with Gasteiger partial charge in [0.2, 0.25) is 11.8 Å². The number of piperidine rings is 2. The van der Waals surface area contributed by atoms with Crippen molar-refractivity contribution >= 4 is 28.6 Å². The van der Waals surface area contributed by atoms with Crippen LogP contribution in [0.1, 0.15) is 52.7 Å². The lowest BCUT2D eigenvalue weighted by molar-refractivity contribution is -0.136. The number of aryl methyl sites for hydroxylation is 1. The molecule has 1 N–H and O–H groups in total. The van der Waals surface area contributed by atoms with Gasteiger partial charge in [-0.2, -0.15) is 5.10 Å². The molecule has 0 bridgehead atoms. The van der Waals surface area contributed by atoms with Crippen LogP contribution in [0.15, 0.2) is 36.5 Å². The van der Waals surface area contributed by atoms with E-state index in [2.05, 4.69) is 39.6 Å². The van der Waals surface area contributed by atoms with Crippen LogP contribution in [0.25, 0.3) is 10.9 Å². The molecular weight excluding hydrogens is 470 g/mol. The normalized spacial score (nSPS) is 22.9. The summed E-state index contributed by atoms with van der Waals surface area (Å²) in [6, 6.07) is 9.82. The van der Waals surface area contributed by atoms with Crippen molar-refractivity contribution in [3.8, 4) is 5.75 Å². The summed E-state index contributed by atoms with van der Waals surface area (Å²) in [4.78, 5) is 41.3. The number of carbonyl (C=O) groups is 3. The van der Waals surface area contributed by atoms with E-state index in [1.54, 1.807) is 4.90 Å². The van der Waals surface area contributed by atoms with Crippen molar-refractivity contribution in [2.75, 3.05) is 19.7 Å². The molecule has 5 heterocycles. The van der Waals surface area contributed by atoms with Crippen molar-refractivity contribution in [3.63, 3.8) is 0 Å². The number of amides is 3. The van der Waals surface area contributed by atoms with Crippen LogP contribution in [0.5, 0.6) is 5.75 Å². The molecule has 9 heteroatoms. The third kappa shape index (κ3) is 3.48. The quantitative estimate of drug-likeness (QED) is 0.556. The number of nitrogens with zero attached hydrogens (tertiary/aromatic N) is 4. The Kier molecular flexibility index (Phi) is 4.95. The molecule has 1 unspecified atom stereocenters. The molecule has 1 aromatic heterocycles. The van der Waals surface area contributed by atoms with Gasteiger partial charge in [0.25, 0.3) is 5.91 Å². The van der Waals surface area contributed by atoms with Gasteiger partial charge in [-0.25, -0.2) is 0 Å². The lowest BCUT2D eigenvalue weighted by Gasteiger charge is -2.38. The lowest BCUT2D eigenvalue weighted by Crippen LogP contribution is -2.52. The molecule has 4 aliphatic rings. The van der Waals surface area contributed by atoms with Gasteiger partial charge in [0, 0.05) is 48.5 Å². The molecule has 2 saturated heterocycles. The maximum Gasteiger partial charge on any atom is 0.255 e. The highest BCUT2D eigenvalue weighted by atomic mass is 16.5. The summed E-state index contributed by atoms with van der Waals surface area (Å²) in [6.07, 6.45) is 4.52. The minimum Gasteiger partial charge on any atom is -0.492 e. The van der Waals surface area contributed by atoms with Gasteiger partial charge < -0.3 is 9.64 Å². The summed E-state index contributed by atoms with van der Waals surface area (Å²) in [5.41, 5.74) is 5.19. The van der Waals surface area contributed by atoms with E-state index in [0.29, 0.717) is 25.1 Å². The summed E-state index contributed by atoms with van der Waals surface area (Å²) >= 11 is 0. The van der Waals surface area contributed by atoms with E-state index in [-0.39, 0.29) is 29.6 Å². The van der Waals surface area contributed by atoms with E-state index in [0.717, 1.165) is 43.8 Å². The average Bonchev–Trinajstić information content (AvgIpc) is 3.54. The molecule has 1 atom stereocenters. The molecule has 2 fully saturated rings. The highest BCUT2D eigenvalue weighted by Crippen LogP contribution is 2.48. The predicted molar refractivity (Wildman–Crippen MR) is 135 cm³/mol. The van der Waals surface area contributed by atoms with Crippen LogP contribution in [0.2, 0.25) is 0 Å². The Morgan fingerprint density at radius 2 is 2.00 bits per heavy atom. The number of hydrogen-bond acceptors (Lipinski definition) is 6. The third-order valence-electron chi connectivity index (χ3n) is 8.75. The standard InChI is InChI=1S/C28H29N5O4/c1-31-25-17(13-29-31)3-2-4-18(25)14-32-9-7-28(8-10-32)16-37-23-12-20-19(11-21(23)28)15-33(27(20)36)22-5-6-24(34)30-26(22)35/h2-4,11-13,22H,5-10,14-16H2,1H3,(H,30,34,35). The van der Waals surface area contributed by atoms with Crippen LogP contribution in [0.4, 0.5) is 0 Å². The van der Waals surface area contributed by atoms with Gasteiger partial charge in [-0.15, -0.1) is 0 Å². The molecule has 190 valence electrons. The Hall–Kier alpha value is -3.72. The topological polar surface area (TPSA) is 96.8 Å². The molecule has 3 aromatic rings. The lowest BCUT2D eigenvalue weighted by atomic mass is 9.74. The number of hydrogen-bond donors (Lipinski definition) is 1. The van der Waals surface area contributed by atoms with Crippen LogP contribution in [-0.2, 0) is 35.1 Å². The maximum atomic E-state index is 13.2. The SMILES string of the molecule is Cn1ncc2cccc(CN3CCC4(CC3)COc3cc5c(cc34)CN(C3CCC(=O)NC3=O)C5=O)c21. The van der Waals surface area contributed by atoms with Crippen molar-refractivity contribution in [3.05, 3.63) is 58.8 Å². The van der Waals surface area contributed by atoms with E-state index < -0.39 is 6.04 Å². The van der Waals surface area contributed by atoms with E-state index in [1.807, 2.05) is 24.0 Å². The van der Waals surface area contributed by atoms with Crippen LogP contribution in [0, 0.1) is 0 Å². The number of fused-ring (bicyclic) bond motifs is 4. The predicted octanol–water partition coefficient (Wildman–Crippen LogP) is 2.26. The Morgan fingerprint density at radius 3 is 2.81 bits per heavy atom.